The highest BCUT2D eigenvalue weighted by atomic mass is 15.0. The number of nitrogens with one attached hydrogen (secondary N) is 1. The Morgan fingerprint density at radius 2 is 1.43 bits per heavy atom. The maximum absolute atomic E-state index is 8.44. The number of nitrogens with zero attached hydrogens (tertiary/aromatic N) is 1. The molecule has 3 nitrogen and oxygen atoms in total. The zero-order valence-electron chi connectivity index (χ0n) is 24.3. The fraction of sp³-hybridized carbons (Fsp3) is 0. The van der Waals surface area contributed by atoms with Crippen molar-refractivity contribution in [2.45, 2.75) is 0 Å². The van der Waals surface area contributed by atoms with Crippen molar-refractivity contribution in [2.24, 2.45) is 5.73 Å². The largest absolute Gasteiger partial charge is 0.404 e. The van der Waals surface area contributed by atoms with Crippen LogP contribution in [0.5, 0.6) is 0 Å². The molecule has 44 heavy (non-hydrogen) atoms. The lowest BCUT2D eigenvalue weighted by Crippen LogP contribution is -1.97. The molecule has 7 aromatic rings. The van der Waals surface area contributed by atoms with Crippen LogP contribution in [-0.2, 0) is 0 Å². The number of hydrogen-bond donors (Lipinski definition) is 2. The molecule has 0 aliphatic rings. The summed E-state index contributed by atoms with van der Waals surface area (Å²) in [7, 11) is 0. The Morgan fingerprint density at radius 1 is 0.659 bits per heavy atom. The Morgan fingerprint density at radius 3 is 2.27 bits per heavy atom. The van der Waals surface area contributed by atoms with Crippen LogP contribution in [0, 0.1) is 5.41 Å². The monoisotopic (exact) mass is 565 g/mol. The van der Waals surface area contributed by atoms with Crippen LogP contribution < -0.4 is 5.73 Å². The Hall–Kier alpha value is -5.93. The van der Waals surface area contributed by atoms with Crippen LogP contribution in [0.15, 0.2) is 159 Å². The topological polar surface area (TPSA) is 54.8 Å². The van der Waals surface area contributed by atoms with Gasteiger partial charge in [-0.3, -0.25) is 0 Å². The summed E-state index contributed by atoms with van der Waals surface area (Å²) >= 11 is 0. The zero-order valence-corrected chi connectivity index (χ0v) is 24.3. The summed E-state index contributed by atoms with van der Waals surface area (Å²) in [6.07, 6.45) is 8.66. The van der Waals surface area contributed by atoms with Gasteiger partial charge in [-0.15, -0.1) is 0 Å². The summed E-state index contributed by atoms with van der Waals surface area (Å²) in [5, 5.41) is 15.5. The minimum Gasteiger partial charge on any atom is -0.404 e. The molecule has 0 bridgehead atoms. The highest BCUT2D eigenvalue weighted by Crippen LogP contribution is 2.40. The third-order valence-electron chi connectivity index (χ3n) is 8.39. The van der Waals surface area contributed by atoms with E-state index in [-0.39, 0.29) is 0 Å². The average molecular weight is 566 g/mol. The SMILES string of the molecule is C=C/C=C\C(=N)c1cccc(-c2ccc3c(ccc4c5ccc(/C(C=C)=C/N)cc5n(-c5cccc6ccccc56)c34)c2)c1. The van der Waals surface area contributed by atoms with E-state index in [4.69, 9.17) is 11.1 Å². The standard InChI is InChI=1S/C41H31N3/c1-3-5-15-38(43)33-13-8-12-29(24-33)30-17-20-35-32(23-30)19-22-37-36-21-18-31(27(4-2)26-42)25-40(36)44(41(35)37)39-16-9-11-28-10-6-7-14-34(28)39/h3-26,43H,1-2,42H2/b15-5-,27-26+,43-38?. The van der Waals surface area contributed by atoms with E-state index in [1.165, 1.54) is 32.4 Å². The van der Waals surface area contributed by atoms with Gasteiger partial charge in [0.15, 0.2) is 0 Å². The van der Waals surface area contributed by atoms with Crippen molar-refractivity contribution in [1.82, 2.24) is 4.57 Å². The zero-order chi connectivity index (χ0) is 30.2. The maximum Gasteiger partial charge on any atom is 0.0619 e. The molecule has 0 aliphatic heterocycles. The smallest absolute Gasteiger partial charge is 0.0619 e. The van der Waals surface area contributed by atoms with E-state index in [9.17, 15) is 0 Å². The summed E-state index contributed by atoms with van der Waals surface area (Å²) in [5.74, 6) is 0. The number of hydrogen-bond acceptors (Lipinski definition) is 2. The average Bonchev–Trinajstić information content (AvgIpc) is 3.41. The van der Waals surface area contributed by atoms with Crippen molar-refractivity contribution in [1.29, 1.82) is 5.41 Å². The molecule has 0 fully saturated rings. The molecule has 0 aliphatic carbocycles. The summed E-state index contributed by atoms with van der Waals surface area (Å²) in [6, 6.07) is 40.9. The number of aromatic nitrogens is 1. The Balaban J connectivity index is 1.51. The second-order valence-corrected chi connectivity index (χ2v) is 10.9. The van der Waals surface area contributed by atoms with E-state index in [2.05, 4.69) is 121 Å². The van der Waals surface area contributed by atoms with Crippen molar-refractivity contribution >= 4 is 54.6 Å². The predicted molar refractivity (Wildman–Crippen MR) is 190 cm³/mol. The highest BCUT2D eigenvalue weighted by molar-refractivity contribution is 6.20. The van der Waals surface area contributed by atoms with Crippen LogP contribution in [0.25, 0.3) is 65.7 Å². The molecule has 0 spiro atoms. The van der Waals surface area contributed by atoms with Gasteiger partial charge in [0.2, 0.25) is 0 Å². The molecule has 0 radical (unpaired) electrons. The summed E-state index contributed by atoms with van der Waals surface area (Å²) < 4.78 is 2.41. The first-order valence-electron chi connectivity index (χ1n) is 14.6. The normalized spacial score (nSPS) is 12.0. The lowest BCUT2D eigenvalue weighted by Gasteiger charge is -2.14. The minimum absolute atomic E-state index is 0.456. The van der Waals surface area contributed by atoms with Crippen molar-refractivity contribution in [2.75, 3.05) is 0 Å². The fourth-order valence-corrected chi connectivity index (χ4v) is 6.26. The van der Waals surface area contributed by atoms with Gasteiger partial charge in [0.1, 0.15) is 0 Å². The second-order valence-electron chi connectivity index (χ2n) is 10.9. The Labute approximate surface area is 256 Å². The van der Waals surface area contributed by atoms with Gasteiger partial charge in [0.25, 0.3) is 0 Å². The summed E-state index contributed by atoms with van der Waals surface area (Å²) in [6.45, 7) is 7.70. The lowest BCUT2D eigenvalue weighted by atomic mass is 9.97. The van der Waals surface area contributed by atoms with Crippen LogP contribution in [0.3, 0.4) is 0 Å². The van der Waals surface area contributed by atoms with Gasteiger partial charge in [-0.05, 0) is 68.9 Å². The summed E-state index contributed by atoms with van der Waals surface area (Å²) in [4.78, 5) is 0. The van der Waals surface area contributed by atoms with Gasteiger partial charge >= 0.3 is 0 Å². The first-order chi connectivity index (χ1) is 21.6. The van der Waals surface area contributed by atoms with Gasteiger partial charge in [0.05, 0.1) is 22.4 Å². The van der Waals surface area contributed by atoms with E-state index in [0.29, 0.717) is 5.71 Å². The number of nitrogens with two attached hydrogens (primary N) is 1. The van der Waals surface area contributed by atoms with Crippen LogP contribution in [0.4, 0.5) is 0 Å². The van der Waals surface area contributed by atoms with Crippen molar-refractivity contribution in [3.05, 3.63) is 170 Å². The van der Waals surface area contributed by atoms with E-state index >= 15 is 0 Å². The first kappa shape index (κ1) is 26.9. The number of benzene rings is 6. The molecule has 1 heterocycles. The number of allylic oxidation sites excluding steroid dienone is 5. The van der Waals surface area contributed by atoms with Crippen molar-refractivity contribution in [3.63, 3.8) is 0 Å². The lowest BCUT2D eigenvalue weighted by molar-refractivity contribution is 1.20. The molecule has 0 atom stereocenters. The molecule has 210 valence electrons. The molecule has 0 saturated heterocycles. The Bertz CT molecular complexity index is 2340. The van der Waals surface area contributed by atoms with E-state index in [1.54, 1.807) is 30.5 Å². The molecule has 0 amide bonds. The van der Waals surface area contributed by atoms with Crippen LogP contribution >= 0.6 is 0 Å². The number of fused-ring (bicyclic) bond motifs is 6. The Kier molecular flexibility index (Phi) is 6.76. The molecule has 3 N–H and O–H groups in total. The third-order valence-corrected chi connectivity index (χ3v) is 8.39. The van der Waals surface area contributed by atoms with Gasteiger partial charge in [-0.1, -0.05) is 122 Å². The minimum atomic E-state index is 0.456. The second kappa shape index (κ2) is 11.0. The maximum atomic E-state index is 8.44. The number of rotatable bonds is 7. The first-order valence-corrected chi connectivity index (χ1v) is 14.6. The van der Waals surface area contributed by atoms with Gasteiger partial charge < -0.3 is 15.7 Å². The van der Waals surface area contributed by atoms with E-state index < -0.39 is 0 Å². The fourth-order valence-electron chi connectivity index (χ4n) is 6.26. The van der Waals surface area contributed by atoms with E-state index in [0.717, 1.165) is 44.4 Å². The van der Waals surface area contributed by atoms with Crippen molar-refractivity contribution in [3.8, 4) is 16.8 Å². The van der Waals surface area contributed by atoms with Crippen LogP contribution in [-0.4, -0.2) is 10.3 Å². The molecule has 0 saturated carbocycles. The molecule has 3 heteroatoms. The van der Waals surface area contributed by atoms with Gasteiger partial charge in [-0.25, -0.2) is 0 Å². The predicted octanol–water partition coefficient (Wildman–Crippen LogP) is 10.4. The molecular formula is C41H31N3. The highest BCUT2D eigenvalue weighted by Gasteiger charge is 2.18. The third kappa shape index (κ3) is 4.43. The quantitative estimate of drug-likeness (QED) is 0.147. The molecule has 1 aromatic heterocycles. The van der Waals surface area contributed by atoms with Gasteiger partial charge in [0, 0.05) is 27.7 Å². The van der Waals surface area contributed by atoms with Crippen LogP contribution in [0.1, 0.15) is 11.1 Å². The summed E-state index contributed by atoms with van der Waals surface area (Å²) in [5.41, 5.74) is 14.8. The van der Waals surface area contributed by atoms with E-state index in [1.807, 2.05) is 12.1 Å². The van der Waals surface area contributed by atoms with Crippen LogP contribution in [0.2, 0.25) is 0 Å². The van der Waals surface area contributed by atoms with Crippen molar-refractivity contribution < 1.29 is 0 Å². The van der Waals surface area contributed by atoms with Gasteiger partial charge in [-0.2, -0.15) is 0 Å². The molecule has 6 aromatic carbocycles. The molecular weight excluding hydrogens is 534 g/mol. The molecule has 0 unspecified atom stereocenters. The molecule has 7 rings (SSSR count).